The van der Waals surface area contributed by atoms with Crippen LogP contribution < -0.4 is 4.90 Å². The Balaban J connectivity index is 2.11. The number of amides is 2. The number of hydrogen-bond acceptors (Lipinski definition) is 4. The lowest BCUT2D eigenvalue weighted by atomic mass is 10.1. The summed E-state index contributed by atoms with van der Waals surface area (Å²) in [5.74, 6) is -2.37. The third-order valence-corrected chi connectivity index (χ3v) is 3.56. The Morgan fingerprint density at radius 1 is 1.10 bits per heavy atom. The molecule has 3 rings (SSSR count). The van der Waals surface area contributed by atoms with Gasteiger partial charge in [-0.3, -0.25) is 14.4 Å². The van der Waals surface area contributed by atoms with E-state index in [1.54, 1.807) is 6.07 Å². The van der Waals surface area contributed by atoms with Gasteiger partial charge in [0.15, 0.2) is 0 Å². The van der Waals surface area contributed by atoms with Crippen molar-refractivity contribution >= 4 is 46.5 Å². The molecule has 2 heterocycles. The standard InChI is InChI=1S/C14H6Cl2N2O3/c15-9-3-1-2-8-11(9)18(14(21)12(8)19)13(20)7-4-5-10(16)17-6-7/h1-6H. The molecule has 7 heteroatoms. The Kier molecular flexibility index (Phi) is 3.23. The zero-order valence-electron chi connectivity index (χ0n) is 10.3. The van der Waals surface area contributed by atoms with E-state index in [0.717, 1.165) is 4.90 Å². The number of carbonyl (C=O) groups is 3. The number of para-hydroxylation sites is 1. The molecule has 0 unspecified atom stereocenters. The molecule has 1 aliphatic heterocycles. The zero-order chi connectivity index (χ0) is 15.1. The quantitative estimate of drug-likeness (QED) is 0.460. The molecule has 2 aromatic rings. The van der Waals surface area contributed by atoms with Crippen molar-refractivity contribution in [3.05, 3.63) is 57.8 Å². The number of imide groups is 1. The van der Waals surface area contributed by atoms with Crippen molar-refractivity contribution in [2.24, 2.45) is 0 Å². The molecule has 5 nitrogen and oxygen atoms in total. The van der Waals surface area contributed by atoms with Gasteiger partial charge in [-0.15, -0.1) is 0 Å². The number of carbonyl (C=O) groups excluding carboxylic acids is 3. The van der Waals surface area contributed by atoms with Crippen LogP contribution in [0.4, 0.5) is 5.69 Å². The van der Waals surface area contributed by atoms with Crippen LogP contribution in [0.1, 0.15) is 20.7 Å². The van der Waals surface area contributed by atoms with E-state index in [2.05, 4.69) is 4.98 Å². The van der Waals surface area contributed by atoms with Gasteiger partial charge >= 0.3 is 5.91 Å². The van der Waals surface area contributed by atoms with Crippen molar-refractivity contribution < 1.29 is 14.4 Å². The Hall–Kier alpha value is -2.24. The third-order valence-electron chi connectivity index (χ3n) is 3.03. The van der Waals surface area contributed by atoms with Crippen molar-refractivity contribution in [2.75, 3.05) is 4.90 Å². The van der Waals surface area contributed by atoms with Crippen molar-refractivity contribution in [1.82, 2.24) is 4.98 Å². The summed E-state index contributed by atoms with van der Waals surface area (Å²) in [6, 6.07) is 7.35. The predicted octanol–water partition coefficient (Wildman–Crippen LogP) is 2.76. The van der Waals surface area contributed by atoms with E-state index in [4.69, 9.17) is 23.2 Å². The number of anilines is 1. The van der Waals surface area contributed by atoms with Crippen LogP contribution in [0.15, 0.2) is 36.5 Å². The minimum atomic E-state index is -0.932. The van der Waals surface area contributed by atoms with E-state index in [0.29, 0.717) is 0 Å². The van der Waals surface area contributed by atoms with E-state index < -0.39 is 17.6 Å². The van der Waals surface area contributed by atoms with E-state index in [9.17, 15) is 14.4 Å². The Bertz CT molecular complexity index is 787. The van der Waals surface area contributed by atoms with Crippen molar-refractivity contribution in [3.63, 3.8) is 0 Å². The molecular formula is C14H6Cl2N2O3. The first-order valence-electron chi connectivity index (χ1n) is 5.84. The van der Waals surface area contributed by atoms with Crippen LogP contribution in [0.2, 0.25) is 10.2 Å². The van der Waals surface area contributed by atoms with E-state index in [1.165, 1.54) is 30.5 Å². The molecular weight excluding hydrogens is 315 g/mol. The largest absolute Gasteiger partial charge is 0.306 e. The van der Waals surface area contributed by atoms with E-state index >= 15 is 0 Å². The van der Waals surface area contributed by atoms with E-state index in [1.807, 2.05) is 0 Å². The first kappa shape index (κ1) is 13.7. The number of halogens is 2. The van der Waals surface area contributed by atoms with Gasteiger partial charge in [-0.05, 0) is 24.3 Å². The maximum atomic E-state index is 12.4. The minimum Gasteiger partial charge on any atom is -0.283 e. The topological polar surface area (TPSA) is 67.3 Å². The molecule has 0 radical (unpaired) electrons. The number of nitrogens with zero attached hydrogens (tertiary/aromatic N) is 2. The maximum absolute atomic E-state index is 12.4. The van der Waals surface area contributed by atoms with Gasteiger partial charge in [0.2, 0.25) is 0 Å². The number of pyridine rings is 1. The predicted molar refractivity (Wildman–Crippen MR) is 76.8 cm³/mol. The number of hydrogen-bond donors (Lipinski definition) is 0. The monoisotopic (exact) mass is 320 g/mol. The summed E-state index contributed by atoms with van der Waals surface area (Å²) in [5, 5.41) is 0.371. The third kappa shape index (κ3) is 2.11. The molecule has 1 aromatic heterocycles. The number of ketones is 1. The SMILES string of the molecule is O=C1C(=O)N(C(=O)c2ccc(Cl)nc2)c2c(Cl)cccc21. The van der Waals surface area contributed by atoms with Crippen LogP contribution in [0.3, 0.4) is 0 Å². The Labute approximate surface area is 129 Å². The van der Waals surface area contributed by atoms with Crippen LogP contribution in [-0.2, 0) is 4.79 Å². The molecule has 104 valence electrons. The summed E-state index contributed by atoms with van der Waals surface area (Å²) in [7, 11) is 0. The first-order valence-corrected chi connectivity index (χ1v) is 6.59. The highest BCUT2D eigenvalue weighted by Crippen LogP contribution is 2.36. The Morgan fingerprint density at radius 3 is 2.52 bits per heavy atom. The lowest BCUT2D eigenvalue weighted by Crippen LogP contribution is -2.36. The van der Waals surface area contributed by atoms with Gasteiger partial charge in [0, 0.05) is 6.20 Å². The Morgan fingerprint density at radius 2 is 1.86 bits per heavy atom. The van der Waals surface area contributed by atoms with Crippen LogP contribution in [-0.4, -0.2) is 22.6 Å². The zero-order valence-corrected chi connectivity index (χ0v) is 11.9. The molecule has 2 amide bonds. The highest BCUT2D eigenvalue weighted by Gasteiger charge is 2.41. The van der Waals surface area contributed by atoms with Gasteiger partial charge in [-0.1, -0.05) is 29.3 Å². The fraction of sp³-hybridized carbons (Fsp3) is 0. The van der Waals surface area contributed by atoms with Crippen LogP contribution in [0.25, 0.3) is 0 Å². The fourth-order valence-corrected chi connectivity index (χ4v) is 2.44. The molecule has 0 N–H and O–H groups in total. The molecule has 0 bridgehead atoms. The second kappa shape index (κ2) is 4.95. The van der Waals surface area contributed by atoms with E-state index in [-0.39, 0.29) is 27.0 Å². The molecule has 1 aromatic carbocycles. The highest BCUT2D eigenvalue weighted by atomic mass is 35.5. The first-order chi connectivity index (χ1) is 10.0. The smallest absolute Gasteiger partial charge is 0.283 e. The number of aromatic nitrogens is 1. The summed E-state index contributed by atoms with van der Waals surface area (Å²) in [6.45, 7) is 0. The summed E-state index contributed by atoms with van der Waals surface area (Å²) in [4.78, 5) is 40.9. The summed E-state index contributed by atoms with van der Waals surface area (Å²) >= 11 is 11.7. The highest BCUT2D eigenvalue weighted by molar-refractivity contribution is 6.58. The molecule has 1 aliphatic rings. The summed E-state index contributed by atoms with van der Waals surface area (Å²) in [6.07, 6.45) is 1.23. The number of benzene rings is 1. The van der Waals surface area contributed by atoms with Gasteiger partial charge in [-0.2, -0.15) is 0 Å². The molecule has 21 heavy (non-hydrogen) atoms. The van der Waals surface area contributed by atoms with Crippen molar-refractivity contribution in [2.45, 2.75) is 0 Å². The second-order valence-corrected chi connectivity index (χ2v) is 5.07. The summed E-state index contributed by atoms with van der Waals surface area (Å²) in [5.41, 5.74) is 0.352. The maximum Gasteiger partial charge on any atom is 0.306 e. The molecule has 0 fully saturated rings. The fourth-order valence-electron chi connectivity index (χ4n) is 2.07. The lowest BCUT2D eigenvalue weighted by Gasteiger charge is -2.15. The van der Waals surface area contributed by atoms with Gasteiger partial charge in [0.1, 0.15) is 5.15 Å². The average Bonchev–Trinajstić information content (AvgIpc) is 2.73. The average molecular weight is 321 g/mol. The van der Waals surface area contributed by atoms with Gasteiger partial charge in [-0.25, -0.2) is 9.88 Å². The second-order valence-electron chi connectivity index (χ2n) is 4.28. The van der Waals surface area contributed by atoms with Gasteiger partial charge in [0.05, 0.1) is 21.8 Å². The molecule has 0 aliphatic carbocycles. The van der Waals surface area contributed by atoms with Crippen molar-refractivity contribution in [3.8, 4) is 0 Å². The molecule has 0 atom stereocenters. The van der Waals surface area contributed by atoms with Crippen LogP contribution in [0, 0.1) is 0 Å². The minimum absolute atomic E-state index is 0.106. The number of rotatable bonds is 1. The molecule has 0 saturated carbocycles. The van der Waals surface area contributed by atoms with Crippen LogP contribution in [0.5, 0.6) is 0 Å². The van der Waals surface area contributed by atoms with Crippen molar-refractivity contribution in [1.29, 1.82) is 0 Å². The molecule has 0 saturated heterocycles. The van der Waals surface area contributed by atoms with Gasteiger partial charge < -0.3 is 0 Å². The summed E-state index contributed by atoms with van der Waals surface area (Å²) < 4.78 is 0. The number of fused-ring (bicyclic) bond motifs is 1. The number of Topliss-reactive ketones (excluding diaryl/α,β-unsaturated/α-hetero) is 1. The van der Waals surface area contributed by atoms with Gasteiger partial charge in [0.25, 0.3) is 11.7 Å². The molecule has 0 spiro atoms. The lowest BCUT2D eigenvalue weighted by molar-refractivity contribution is -0.113. The normalized spacial score (nSPS) is 13.5. The van der Waals surface area contributed by atoms with Crippen LogP contribution >= 0.6 is 23.2 Å².